The van der Waals surface area contributed by atoms with E-state index in [9.17, 15) is 20.4 Å². The van der Waals surface area contributed by atoms with Gasteiger partial charge in [-0.25, -0.2) is 0 Å². The Morgan fingerprint density at radius 2 is 1.59 bits per heavy atom. The number of benzene rings is 3. The smallest absolute Gasteiger partial charge is 0.229 e. The number of anilines is 1. The van der Waals surface area contributed by atoms with Crippen LogP contribution in [0.25, 0.3) is 0 Å². The van der Waals surface area contributed by atoms with Crippen molar-refractivity contribution in [1.29, 1.82) is 0 Å². The third kappa shape index (κ3) is 4.09. The predicted molar refractivity (Wildman–Crippen MR) is 142 cm³/mol. The summed E-state index contributed by atoms with van der Waals surface area (Å²) in [5.74, 6) is 1.52. The van der Waals surface area contributed by atoms with Crippen molar-refractivity contribution in [2.24, 2.45) is 0 Å². The lowest BCUT2D eigenvalue weighted by molar-refractivity contribution is -0.277. The van der Waals surface area contributed by atoms with Crippen LogP contribution in [-0.4, -0.2) is 70.8 Å². The molecule has 3 aliphatic heterocycles. The Morgan fingerprint density at radius 3 is 2.33 bits per heavy atom. The van der Waals surface area contributed by atoms with E-state index >= 15 is 0 Å². The molecule has 1 saturated heterocycles. The molecular weight excluding hydrogens is 502 g/mol. The average molecular weight is 536 g/mol. The first kappa shape index (κ1) is 26.1. The number of rotatable bonds is 6. The first-order valence-electron chi connectivity index (χ1n) is 13.3. The van der Waals surface area contributed by atoms with Crippen LogP contribution in [0.1, 0.15) is 36.1 Å². The van der Waals surface area contributed by atoms with E-state index in [2.05, 4.69) is 43.0 Å². The molecule has 3 heterocycles. The van der Waals surface area contributed by atoms with Gasteiger partial charge >= 0.3 is 0 Å². The van der Waals surface area contributed by atoms with Gasteiger partial charge in [0.05, 0.1) is 13.2 Å². The molecule has 1 fully saturated rings. The van der Waals surface area contributed by atoms with Crippen LogP contribution in [0.15, 0.2) is 60.7 Å². The van der Waals surface area contributed by atoms with Crippen molar-refractivity contribution in [2.45, 2.75) is 56.8 Å². The highest BCUT2D eigenvalue weighted by Crippen LogP contribution is 2.57. The first-order valence-corrected chi connectivity index (χ1v) is 13.3. The van der Waals surface area contributed by atoms with E-state index in [0.717, 1.165) is 41.0 Å². The van der Waals surface area contributed by atoms with Crippen LogP contribution in [0.4, 0.5) is 5.69 Å². The molecule has 0 saturated carbocycles. The Morgan fingerprint density at radius 1 is 0.872 bits per heavy atom. The first-order chi connectivity index (χ1) is 18.9. The van der Waals surface area contributed by atoms with Crippen molar-refractivity contribution in [3.63, 3.8) is 0 Å². The number of ether oxygens (including phenoxy) is 4. The molecule has 1 spiro atoms. The Labute approximate surface area is 226 Å². The van der Waals surface area contributed by atoms with E-state index in [0.29, 0.717) is 23.9 Å². The SMILES string of the molecule is CCN(CC)c1ccc2c(c1)Oc1cc(OC3OC(CO)C(O)C(O)C3O)ccc1C21OCc2ccccc21. The predicted octanol–water partition coefficient (Wildman–Crippen LogP) is 2.64. The van der Waals surface area contributed by atoms with Gasteiger partial charge < -0.3 is 44.3 Å². The number of fused-ring (bicyclic) bond motifs is 6. The molecule has 4 N–H and O–H groups in total. The fraction of sp³-hybridized carbons (Fsp3) is 0.400. The molecule has 9 nitrogen and oxygen atoms in total. The van der Waals surface area contributed by atoms with Gasteiger partial charge in [-0.15, -0.1) is 0 Å². The molecule has 39 heavy (non-hydrogen) atoms. The number of nitrogens with zero attached hydrogens (tertiary/aromatic N) is 1. The number of hydrogen-bond acceptors (Lipinski definition) is 9. The second kappa shape index (κ2) is 10.1. The Kier molecular flexibility index (Phi) is 6.74. The van der Waals surface area contributed by atoms with E-state index in [1.54, 1.807) is 12.1 Å². The second-order valence-electron chi connectivity index (χ2n) is 10.1. The van der Waals surface area contributed by atoms with E-state index < -0.39 is 42.9 Å². The molecule has 0 aromatic heterocycles. The summed E-state index contributed by atoms with van der Waals surface area (Å²) in [4.78, 5) is 2.24. The minimum Gasteiger partial charge on any atom is -0.462 e. The highest BCUT2D eigenvalue weighted by atomic mass is 16.7. The minimum absolute atomic E-state index is 0.322. The van der Waals surface area contributed by atoms with Crippen LogP contribution in [-0.2, 0) is 21.7 Å². The molecule has 3 aliphatic rings. The van der Waals surface area contributed by atoms with Crippen molar-refractivity contribution in [1.82, 2.24) is 0 Å². The second-order valence-corrected chi connectivity index (χ2v) is 10.1. The normalized spacial score (nSPS) is 28.8. The fourth-order valence-corrected chi connectivity index (χ4v) is 5.88. The summed E-state index contributed by atoms with van der Waals surface area (Å²) in [6.07, 6.45) is -6.89. The van der Waals surface area contributed by atoms with Crippen molar-refractivity contribution < 1.29 is 39.4 Å². The highest BCUT2D eigenvalue weighted by molar-refractivity contribution is 5.67. The third-order valence-electron chi connectivity index (χ3n) is 7.97. The zero-order chi connectivity index (χ0) is 27.3. The molecule has 206 valence electrons. The Bertz CT molecular complexity index is 1360. The maximum atomic E-state index is 10.5. The average Bonchev–Trinajstić information content (AvgIpc) is 3.34. The van der Waals surface area contributed by atoms with Gasteiger partial charge in [0.1, 0.15) is 41.7 Å². The maximum Gasteiger partial charge on any atom is 0.229 e. The minimum atomic E-state index is -1.54. The van der Waals surface area contributed by atoms with E-state index in [1.165, 1.54) is 0 Å². The molecule has 0 bridgehead atoms. The maximum absolute atomic E-state index is 10.5. The molecule has 9 heteroatoms. The third-order valence-corrected chi connectivity index (χ3v) is 7.97. The van der Waals surface area contributed by atoms with Crippen LogP contribution < -0.4 is 14.4 Å². The lowest BCUT2D eigenvalue weighted by Gasteiger charge is -2.40. The van der Waals surface area contributed by atoms with Gasteiger partial charge in [-0.2, -0.15) is 0 Å². The van der Waals surface area contributed by atoms with E-state index in [-0.39, 0.29) is 0 Å². The van der Waals surface area contributed by atoms with Crippen molar-refractivity contribution >= 4 is 5.69 Å². The van der Waals surface area contributed by atoms with E-state index in [1.807, 2.05) is 24.3 Å². The van der Waals surface area contributed by atoms with Crippen LogP contribution in [0.2, 0.25) is 0 Å². The van der Waals surface area contributed by atoms with Crippen molar-refractivity contribution in [3.8, 4) is 17.2 Å². The van der Waals surface area contributed by atoms with Crippen LogP contribution in [0.5, 0.6) is 17.2 Å². The van der Waals surface area contributed by atoms with Gasteiger partial charge in [0.15, 0.2) is 5.60 Å². The lowest BCUT2D eigenvalue weighted by atomic mass is 9.77. The van der Waals surface area contributed by atoms with Crippen molar-refractivity contribution in [2.75, 3.05) is 24.6 Å². The largest absolute Gasteiger partial charge is 0.462 e. The molecule has 3 aromatic rings. The van der Waals surface area contributed by atoms with Gasteiger partial charge in [0.25, 0.3) is 0 Å². The summed E-state index contributed by atoms with van der Waals surface area (Å²) in [6.45, 7) is 5.85. The highest BCUT2D eigenvalue weighted by Gasteiger charge is 2.50. The summed E-state index contributed by atoms with van der Waals surface area (Å²) in [7, 11) is 0. The van der Waals surface area contributed by atoms with Crippen LogP contribution in [0.3, 0.4) is 0 Å². The molecular formula is C30H33NO8. The standard InChI is InChI=1S/C30H33NO8/c1-3-31(4-2)18-9-11-21-23(13-18)38-24-14-19(37-29-28(35)27(34)26(33)25(15-32)39-29)10-12-22(24)30(21)20-8-6-5-7-17(20)16-36-30/h5-14,25-29,32-35H,3-4,15-16H2,1-2H3. The summed E-state index contributed by atoms with van der Waals surface area (Å²) in [5.41, 5.74) is 4.05. The summed E-state index contributed by atoms with van der Waals surface area (Å²) >= 11 is 0. The number of hydrogen-bond donors (Lipinski definition) is 4. The summed E-state index contributed by atoms with van der Waals surface area (Å²) in [5, 5.41) is 40.3. The molecule has 6 rings (SSSR count). The quantitative estimate of drug-likeness (QED) is 0.378. The number of aliphatic hydroxyl groups is 4. The zero-order valence-electron chi connectivity index (χ0n) is 21.9. The van der Waals surface area contributed by atoms with Crippen LogP contribution in [0, 0.1) is 0 Å². The monoisotopic (exact) mass is 535 g/mol. The summed E-state index contributed by atoms with van der Waals surface area (Å²) < 4.78 is 24.6. The molecule has 6 atom stereocenters. The lowest BCUT2D eigenvalue weighted by Crippen LogP contribution is -2.60. The topological polar surface area (TPSA) is 121 Å². The van der Waals surface area contributed by atoms with Gasteiger partial charge in [0, 0.05) is 42.0 Å². The zero-order valence-corrected chi connectivity index (χ0v) is 21.9. The molecule has 0 radical (unpaired) electrons. The van der Waals surface area contributed by atoms with Gasteiger partial charge in [-0.05, 0) is 49.2 Å². The number of aliphatic hydroxyl groups excluding tert-OH is 4. The Balaban J connectivity index is 1.42. The fourth-order valence-electron chi connectivity index (χ4n) is 5.88. The van der Waals surface area contributed by atoms with Crippen LogP contribution >= 0.6 is 0 Å². The van der Waals surface area contributed by atoms with Crippen molar-refractivity contribution in [3.05, 3.63) is 82.9 Å². The summed E-state index contributed by atoms with van der Waals surface area (Å²) in [6, 6.07) is 19.7. The molecule has 0 aliphatic carbocycles. The van der Waals surface area contributed by atoms with Gasteiger partial charge in [-0.3, -0.25) is 0 Å². The molecule has 6 unspecified atom stereocenters. The van der Waals surface area contributed by atoms with Gasteiger partial charge in [-0.1, -0.05) is 24.3 Å². The Hall–Kier alpha value is -3.18. The van der Waals surface area contributed by atoms with Gasteiger partial charge in [0.2, 0.25) is 6.29 Å². The molecule has 3 aromatic carbocycles. The van der Waals surface area contributed by atoms with E-state index in [4.69, 9.17) is 18.9 Å². The molecule has 0 amide bonds.